The molecule has 11 heteroatoms. The summed E-state index contributed by atoms with van der Waals surface area (Å²) in [5.41, 5.74) is 8.82. The number of nitrogens with two attached hydrogens (primary N) is 2. The van der Waals surface area contributed by atoms with Gasteiger partial charge >= 0.3 is 11.9 Å². The number of hydrogen-bond donors (Lipinski definition) is 3. The second-order valence-corrected chi connectivity index (χ2v) is 9.33. The topological polar surface area (TPSA) is 168 Å². The highest BCUT2D eigenvalue weighted by Crippen LogP contribution is 2.17. The van der Waals surface area contributed by atoms with Crippen LogP contribution < -0.4 is 16.8 Å². The molecule has 0 fully saturated rings. The number of rotatable bonds is 13. The molecule has 0 heterocycles. The van der Waals surface area contributed by atoms with Crippen LogP contribution in [0.2, 0.25) is 0 Å². The molecule has 0 bridgehead atoms. The van der Waals surface area contributed by atoms with E-state index in [1.54, 1.807) is 51.1 Å². The Morgan fingerprint density at radius 1 is 1.06 bits per heavy atom. The quantitative estimate of drug-likeness (QED) is 0.190. The minimum atomic E-state index is -2.30. The maximum atomic E-state index is 13.1. The summed E-state index contributed by atoms with van der Waals surface area (Å²) in [6.45, 7) is 4.79. The lowest BCUT2D eigenvalue weighted by Crippen LogP contribution is -2.63. The van der Waals surface area contributed by atoms with Gasteiger partial charge in [-0.2, -0.15) is 0 Å². The van der Waals surface area contributed by atoms with Crippen molar-refractivity contribution in [2.24, 2.45) is 11.5 Å². The zero-order valence-electron chi connectivity index (χ0n) is 19.6. The number of halogens is 1. The van der Waals surface area contributed by atoms with Gasteiger partial charge in [0.15, 0.2) is 5.54 Å². The summed E-state index contributed by atoms with van der Waals surface area (Å²) in [6, 6.07) is 7.46. The summed E-state index contributed by atoms with van der Waals surface area (Å²) >= 11 is 3.04. The van der Waals surface area contributed by atoms with Gasteiger partial charge < -0.3 is 26.3 Å². The SMILES string of the molecule is CC(C)(C)OC(=O)[C@H](CCC(=O)CBr)NC(=O)[C@@](N)(CCC(N)=O)C(=O)OCc1ccccc1. The molecule has 188 valence electrons. The van der Waals surface area contributed by atoms with E-state index in [2.05, 4.69) is 21.2 Å². The van der Waals surface area contributed by atoms with Crippen LogP contribution in [0, 0.1) is 0 Å². The molecule has 2 amide bonds. The molecule has 0 radical (unpaired) electrons. The molecular formula is C23H32BrN3O7. The first kappa shape index (κ1) is 29.2. The fraction of sp³-hybridized carbons (Fsp3) is 0.522. The van der Waals surface area contributed by atoms with Crippen molar-refractivity contribution in [3.05, 3.63) is 35.9 Å². The Morgan fingerprint density at radius 3 is 2.21 bits per heavy atom. The predicted molar refractivity (Wildman–Crippen MR) is 127 cm³/mol. The van der Waals surface area contributed by atoms with Gasteiger partial charge in [-0.15, -0.1) is 0 Å². The zero-order chi connectivity index (χ0) is 25.9. The Hall–Kier alpha value is -2.79. The molecule has 34 heavy (non-hydrogen) atoms. The second-order valence-electron chi connectivity index (χ2n) is 8.77. The number of benzene rings is 1. The summed E-state index contributed by atoms with van der Waals surface area (Å²) in [7, 11) is 0. The summed E-state index contributed by atoms with van der Waals surface area (Å²) in [4.78, 5) is 61.7. The van der Waals surface area contributed by atoms with Crippen molar-refractivity contribution in [1.82, 2.24) is 5.32 Å². The number of carbonyl (C=O) groups excluding carboxylic acids is 5. The molecule has 0 unspecified atom stereocenters. The van der Waals surface area contributed by atoms with Crippen LogP contribution in [0.15, 0.2) is 30.3 Å². The van der Waals surface area contributed by atoms with Gasteiger partial charge in [0.1, 0.15) is 24.0 Å². The van der Waals surface area contributed by atoms with Crippen LogP contribution in [0.3, 0.4) is 0 Å². The van der Waals surface area contributed by atoms with Gasteiger partial charge in [0.2, 0.25) is 5.91 Å². The first-order valence-electron chi connectivity index (χ1n) is 10.7. The Labute approximate surface area is 207 Å². The van der Waals surface area contributed by atoms with E-state index in [4.69, 9.17) is 20.9 Å². The van der Waals surface area contributed by atoms with Crippen molar-refractivity contribution in [3.8, 4) is 0 Å². The number of hydrogen-bond acceptors (Lipinski definition) is 8. The number of primary amides is 1. The van der Waals surface area contributed by atoms with Crippen LogP contribution in [0.5, 0.6) is 0 Å². The number of ether oxygens (including phenoxy) is 2. The number of alkyl halides is 1. The van der Waals surface area contributed by atoms with Crippen molar-refractivity contribution in [2.45, 2.75) is 70.2 Å². The molecule has 5 N–H and O–H groups in total. The molecule has 1 rings (SSSR count). The van der Waals surface area contributed by atoms with Crippen LogP contribution in [-0.4, -0.2) is 52.0 Å². The molecule has 1 aromatic rings. The molecule has 0 saturated heterocycles. The lowest BCUT2D eigenvalue weighted by molar-refractivity contribution is -0.162. The smallest absolute Gasteiger partial charge is 0.336 e. The monoisotopic (exact) mass is 541 g/mol. The molecule has 0 aromatic heterocycles. The van der Waals surface area contributed by atoms with Crippen LogP contribution in [-0.2, 0) is 40.1 Å². The van der Waals surface area contributed by atoms with Crippen LogP contribution in [0.1, 0.15) is 52.0 Å². The summed E-state index contributed by atoms with van der Waals surface area (Å²) in [5, 5.41) is 2.48. The maximum Gasteiger partial charge on any atom is 0.336 e. The average Bonchev–Trinajstić information content (AvgIpc) is 2.77. The molecule has 10 nitrogen and oxygen atoms in total. The van der Waals surface area contributed by atoms with Gasteiger partial charge in [-0.1, -0.05) is 46.3 Å². The van der Waals surface area contributed by atoms with E-state index in [9.17, 15) is 24.0 Å². The van der Waals surface area contributed by atoms with Crippen molar-refractivity contribution < 1.29 is 33.4 Å². The molecule has 0 aliphatic rings. The Kier molecular flexibility index (Phi) is 11.3. The van der Waals surface area contributed by atoms with Crippen LogP contribution in [0.25, 0.3) is 0 Å². The van der Waals surface area contributed by atoms with Crippen molar-refractivity contribution in [1.29, 1.82) is 0 Å². The van der Waals surface area contributed by atoms with Crippen molar-refractivity contribution >= 4 is 45.5 Å². The molecule has 0 saturated carbocycles. The predicted octanol–water partition coefficient (Wildman–Crippen LogP) is 1.26. The summed E-state index contributed by atoms with van der Waals surface area (Å²) in [6.07, 6.45) is -0.921. The van der Waals surface area contributed by atoms with Gasteiger partial charge in [0, 0.05) is 12.8 Å². The minimum Gasteiger partial charge on any atom is -0.459 e. The zero-order valence-corrected chi connectivity index (χ0v) is 21.2. The number of esters is 2. The standard InChI is InChI=1S/C23H32BrN3O7/c1-22(2,3)34-19(30)17(10-9-16(28)13-24)27-20(31)23(26,12-11-18(25)29)21(32)33-14-15-7-5-4-6-8-15/h4-8,17H,9-14,26H2,1-3H3,(H2,25,29)(H,27,31)/t17-,23-/m0/s1. The van der Waals surface area contributed by atoms with Crippen LogP contribution in [0.4, 0.5) is 0 Å². The number of amides is 2. The first-order valence-corrected chi connectivity index (χ1v) is 11.8. The lowest BCUT2D eigenvalue weighted by atomic mass is 9.92. The summed E-state index contributed by atoms with van der Waals surface area (Å²) in [5.74, 6) is -3.90. The number of Topliss-reactive ketones (excluding diaryl/α,β-unsaturated/α-hetero) is 1. The Morgan fingerprint density at radius 2 is 1.68 bits per heavy atom. The van der Waals surface area contributed by atoms with E-state index in [-0.39, 0.29) is 37.0 Å². The number of carbonyl (C=O) groups is 5. The van der Waals surface area contributed by atoms with Gasteiger partial charge in [0.05, 0.1) is 5.33 Å². The highest BCUT2D eigenvalue weighted by Gasteiger charge is 2.45. The molecule has 0 aliphatic heterocycles. The third-order valence-corrected chi connectivity index (χ3v) is 5.23. The molecule has 0 spiro atoms. The second kappa shape index (κ2) is 13.2. The fourth-order valence-electron chi connectivity index (χ4n) is 2.76. The van der Waals surface area contributed by atoms with Crippen molar-refractivity contribution in [3.63, 3.8) is 0 Å². The van der Waals surface area contributed by atoms with Gasteiger partial charge in [-0.25, -0.2) is 9.59 Å². The Balaban J connectivity index is 3.09. The highest BCUT2D eigenvalue weighted by molar-refractivity contribution is 9.09. The molecule has 1 aromatic carbocycles. The fourth-order valence-corrected chi connectivity index (χ4v) is 3.04. The van der Waals surface area contributed by atoms with E-state index >= 15 is 0 Å². The lowest BCUT2D eigenvalue weighted by Gasteiger charge is -2.29. The van der Waals surface area contributed by atoms with E-state index in [1.165, 1.54) is 0 Å². The molecular weight excluding hydrogens is 510 g/mol. The third kappa shape index (κ3) is 10.0. The number of nitrogens with one attached hydrogen (secondary N) is 1. The van der Waals surface area contributed by atoms with E-state index in [0.29, 0.717) is 5.56 Å². The normalized spacial score (nSPS) is 13.8. The highest BCUT2D eigenvalue weighted by atomic mass is 79.9. The molecule has 0 aliphatic carbocycles. The van der Waals surface area contributed by atoms with Gasteiger partial charge in [-0.05, 0) is 39.2 Å². The van der Waals surface area contributed by atoms with Crippen molar-refractivity contribution in [2.75, 3.05) is 5.33 Å². The molecule has 2 atom stereocenters. The maximum absolute atomic E-state index is 13.1. The Bertz CT molecular complexity index is 886. The third-order valence-electron chi connectivity index (χ3n) is 4.61. The first-order chi connectivity index (χ1) is 15.8. The average molecular weight is 542 g/mol. The van der Waals surface area contributed by atoms with Crippen LogP contribution >= 0.6 is 15.9 Å². The van der Waals surface area contributed by atoms with E-state index < -0.39 is 47.4 Å². The summed E-state index contributed by atoms with van der Waals surface area (Å²) < 4.78 is 10.6. The minimum absolute atomic E-state index is 0.0350. The van der Waals surface area contributed by atoms with Gasteiger partial charge in [0.25, 0.3) is 5.91 Å². The largest absolute Gasteiger partial charge is 0.459 e. The number of ketones is 1. The van der Waals surface area contributed by atoms with E-state index in [0.717, 1.165) is 0 Å². The van der Waals surface area contributed by atoms with E-state index in [1.807, 2.05) is 0 Å². The van der Waals surface area contributed by atoms with Gasteiger partial charge in [-0.3, -0.25) is 14.4 Å².